The minimum atomic E-state index is -3.10. The van der Waals surface area contributed by atoms with E-state index >= 15 is 0 Å². The number of nitrogens with zero attached hydrogens (tertiary/aromatic N) is 1. The maximum Gasteiger partial charge on any atom is 0.211 e. The molecule has 0 aromatic heterocycles. The van der Waals surface area contributed by atoms with Gasteiger partial charge in [0.05, 0.1) is 5.75 Å². The van der Waals surface area contributed by atoms with Gasteiger partial charge >= 0.3 is 0 Å². The van der Waals surface area contributed by atoms with E-state index in [-0.39, 0.29) is 29.7 Å². The molecular weight excluding hydrogens is 379 g/mol. The summed E-state index contributed by atoms with van der Waals surface area (Å²) in [4.78, 5) is 4.45. The molecule has 114 valence electrons. The van der Waals surface area contributed by atoms with Crippen LogP contribution in [0.25, 0.3) is 0 Å². The van der Waals surface area contributed by atoms with Crippen molar-refractivity contribution in [2.24, 2.45) is 10.9 Å². The van der Waals surface area contributed by atoms with Crippen LogP contribution in [0.2, 0.25) is 0 Å². The lowest BCUT2D eigenvalue weighted by atomic mass is 10.4. The Morgan fingerprint density at radius 1 is 1.21 bits per heavy atom. The van der Waals surface area contributed by atoms with Gasteiger partial charge in [0.1, 0.15) is 0 Å². The summed E-state index contributed by atoms with van der Waals surface area (Å²) < 4.78 is 24.9. The Bertz CT molecular complexity index is 369. The fourth-order valence-corrected chi connectivity index (χ4v) is 1.97. The third kappa shape index (κ3) is 9.44. The molecular formula is C11H25IN4O2S. The van der Waals surface area contributed by atoms with Crippen LogP contribution in [-0.4, -0.2) is 46.3 Å². The molecule has 1 aliphatic rings. The monoisotopic (exact) mass is 404 g/mol. The molecule has 8 heteroatoms. The molecule has 1 saturated carbocycles. The summed E-state index contributed by atoms with van der Waals surface area (Å²) in [6.07, 6.45) is 2.55. The smallest absolute Gasteiger partial charge is 0.211 e. The number of halogens is 1. The maximum atomic E-state index is 11.2. The molecule has 0 spiro atoms. The molecule has 0 aromatic carbocycles. The van der Waals surface area contributed by atoms with Gasteiger partial charge in [-0.2, -0.15) is 0 Å². The summed E-state index contributed by atoms with van der Waals surface area (Å²) in [5.74, 6) is 1.63. The predicted molar refractivity (Wildman–Crippen MR) is 89.6 cm³/mol. The Kier molecular flexibility index (Phi) is 9.71. The normalized spacial score (nSPS) is 15.8. The molecule has 0 amide bonds. The number of guanidine groups is 1. The van der Waals surface area contributed by atoms with Crippen LogP contribution in [0.1, 0.15) is 26.7 Å². The van der Waals surface area contributed by atoms with E-state index in [0.29, 0.717) is 13.1 Å². The molecule has 0 saturated heterocycles. The van der Waals surface area contributed by atoms with E-state index in [0.717, 1.165) is 25.0 Å². The first-order valence-electron chi connectivity index (χ1n) is 6.57. The van der Waals surface area contributed by atoms with Gasteiger partial charge in [-0.3, -0.25) is 4.99 Å². The Morgan fingerprint density at radius 3 is 2.42 bits per heavy atom. The second-order valence-corrected chi connectivity index (χ2v) is 6.48. The average Bonchev–Trinajstić information content (AvgIpc) is 3.15. The molecule has 0 radical (unpaired) electrons. The summed E-state index contributed by atoms with van der Waals surface area (Å²) in [6.45, 7) is 6.21. The Hall–Kier alpha value is -0.0900. The average molecular weight is 404 g/mol. The Labute approximate surface area is 133 Å². The first-order chi connectivity index (χ1) is 8.57. The van der Waals surface area contributed by atoms with Crippen LogP contribution in [0, 0.1) is 5.92 Å². The van der Waals surface area contributed by atoms with Gasteiger partial charge in [0, 0.05) is 26.2 Å². The lowest BCUT2D eigenvalue weighted by Crippen LogP contribution is -2.41. The highest BCUT2D eigenvalue weighted by molar-refractivity contribution is 14.0. The highest BCUT2D eigenvalue weighted by Crippen LogP contribution is 2.28. The van der Waals surface area contributed by atoms with Gasteiger partial charge in [0.15, 0.2) is 5.96 Å². The quantitative estimate of drug-likeness (QED) is 0.238. The number of hydrogen-bond donors (Lipinski definition) is 3. The summed E-state index contributed by atoms with van der Waals surface area (Å²) in [5, 5.41) is 6.25. The van der Waals surface area contributed by atoms with E-state index in [9.17, 15) is 8.42 Å². The number of aliphatic imine (C=N–C) groups is 1. The largest absolute Gasteiger partial charge is 0.357 e. The molecule has 0 aliphatic heterocycles. The molecule has 0 aromatic rings. The highest BCUT2D eigenvalue weighted by Gasteiger charge is 2.20. The van der Waals surface area contributed by atoms with Crippen molar-refractivity contribution in [3.63, 3.8) is 0 Å². The maximum absolute atomic E-state index is 11.2. The third-order valence-corrected chi connectivity index (χ3v) is 4.07. The molecule has 3 N–H and O–H groups in total. The lowest BCUT2D eigenvalue weighted by Gasteiger charge is -2.11. The summed E-state index contributed by atoms with van der Waals surface area (Å²) in [6, 6.07) is 0. The van der Waals surface area contributed by atoms with Gasteiger partial charge in [-0.25, -0.2) is 13.1 Å². The topological polar surface area (TPSA) is 82.6 Å². The molecule has 1 fully saturated rings. The van der Waals surface area contributed by atoms with Crippen LogP contribution in [0.3, 0.4) is 0 Å². The van der Waals surface area contributed by atoms with E-state index in [2.05, 4.69) is 20.3 Å². The van der Waals surface area contributed by atoms with Crippen molar-refractivity contribution in [1.82, 2.24) is 15.4 Å². The summed E-state index contributed by atoms with van der Waals surface area (Å²) in [5.41, 5.74) is 0. The number of rotatable bonds is 8. The summed E-state index contributed by atoms with van der Waals surface area (Å²) >= 11 is 0. The van der Waals surface area contributed by atoms with Crippen LogP contribution in [0.4, 0.5) is 0 Å². The van der Waals surface area contributed by atoms with E-state index < -0.39 is 10.0 Å². The van der Waals surface area contributed by atoms with Gasteiger partial charge in [-0.05, 0) is 32.6 Å². The SMILES string of the molecule is CCNC(=NCC1CC1)NCCNS(=O)(=O)CC.I. The van der Waals surface area contributed by atoms with Crippen molar-refractivity contribution in [3.05, 3.63) is 0 Å². The van der Waals surface area contributed by atoms with Crippen LogP contribution < -0.4 is 15.4 Å². The number of sulfonamides is 1. The first-order valence-corrected chi connectivity index (χ1v) is 8.22. The molecule has 1 aliphatic carbocycles. The second kappa shape index (κ2) is 9.76. The Morgan fingerprint density at radius 2 is 1.89 bits per heavy atom. The minimum Gasteiger partial charge on any atom is -0.357 e. The van der Waals surface area contributed by atoms with Crippen molar-refractivity contribution < 1.29 is 8.42 Å². The lowest BCUT2D eigenvalue weighted by molar-refractivity contribution is 0.582. The van der Waals surface area contributed by atoms with Crippen LogP contribution >= 0.6 is 24.0 Å². The minimum absolute atomic E-state index is 0. The number of nitrogens with one attached hydrogen (secondary N) is 3. The highest BCUT2D eigenvalue weighted by atomic mass is 127. The molecule has 1 rings (SSSR count). The van der Waals surface area contributed by atoms with Crippen molar-refractivity contribution in [3.8, 4) is 0 Å². The van der Waals surface area contributed by atoms with Gasteiger partial charge in [0.2, 0.25) is 10.0 Å². The van der Waals surface area contributed by atoms with Crippen molar-refractivity contribution in [2.75, 3.05) is 31.9 Å². The van der Waals surface area contributed by atoms with Gasteiger partial charge in [-0.15, -0.1) is 24.0 Å². The van der Waals surface area contributed by atoms with Gasteiger partial charge in [0.25, 0.3) is 0 Å². The van der Waals surface area contributed by atoms with E-state index in [1.165, 1.54) is 12.8 Å². The zero-order valence-corrected chi connectivity index (χ0v) is 14.8. The Balaban J connectivity index is 0.00000324. The molecule has 0 atom stereocenters. The van der Waals surface area contributed by atoms with Crippen molar-refractivity contribution in [2.45, 2.75) is 26.7 Å². The second-order valence-electron chi connectivity index (χ2n) is 4.39. The van der Waals surface area contributed by atoms with Gasteiger partial charge < -0.3 is 10.6 Å². The van der Waals surface area contributed by atoms with Crippen LogP contribution in [0.5, 0.6) is 0 Å². The molecule has 19 heavy (non-hydrogen) atoms. The van der Waals surface area contributed by atoms with Crippen molar-refractivity contribution in [1.29, 1.82) is 0 Å². The molecule has 0 bridgehead atoms. The van der Waals surface area contributed by atoms with Crippen LogP contribution in [0.15, 0.2) is 4.99 Å². The zero-order chi connectivity index (χ0) is 13.4. The first kappa shape index (κ1) is 18.9. The number of hydrogen-bond acceptors (Lipinski definition) is 3. The predicted octanol–water partition coefficient (Wildman–Crippen LogP) is 0.509. The summed E-state index contributed by atoms with van der Waals surface area (Å²) in [7, 11) is -3.10. The fourth-order valence-electron chi connectivity index (χ4n) is 1.35. The fraction of sp³-hybridized carbons (Fsp3) is 0.909. The molecule has 6 nitrogen and oxygen atoms in total. The standard InChI is InChI=1S/C11H24N4O2S.HI/c1-3-12-11(14-9-10-5-6-10)13-7-8-15-18(16,17)4-2;/h10,15H,3-9H2,1-2H3,(H2,12,13,14);1H. The third-order valence-electron chi connectivity index (χ3n) is 2.67. The van der Waals surface area contributed by atoms with Gasteiger partial charge in [-0.1, -0.05) is 0 Å². The van der Waals surface area contributed by atoms with E-state index in [4.69, 9.17) is 0 Å². The van der Waals surface area contributed by atoms with E-state index in [1.54, 1.807) is 6.92 Å². The zero-order valence-electron chi connectivity index (χ0n) is 11.6. The molecule has 0 heterocycles. The van der Waals surface area contributed by atoms with Crippen LogP contribution in [-0.2, 0) is 10.0 Å². The van der Waals surface area contributed by atoms with Crippen molar-refractivity contribution >= 4 is 40.0 Å². The van der Waals surface area contributed by atoms with E-state index in [1.807, 2.05) is 6.92 Å². The molecule has 0 unspecified atom stereocenters.